The first-order valence-electron chi connectivity index (χ1n) is 5.40. The molecule has 16 heavy (non-hydrogen) atoms. The summed E-state index contributed by atoms with van der Waals surface area (Å²) in [6.45, 7) is 8.48. The van der Waals surface area contributed by atoms with Crippen LogP contribution in [0.2, 0.25) is 0 Å². The van der Waals surface area contributed by atoms with E-state index in [1.807, 2.05) is 62.4 Å². The van der Waals surface area contributed by atoms with Crippen LogP contribution in [0.1, 0.15) is 13.8 Å². The zero-order valence-electron chi connectivity index (χ0n) is 9.94. The van der Waals surface area contributed by atoms with Gasteiger partial charge in [0.1, 0.15) is 12.4 Å². The molecule has 0 unspecified atom stereocenters. The quantitative estimate of drug-likeness (QED) is 0.669. The zero-order valence-corrected chi connectivity index (χ0v) is 9.94. The van der Waals surface area contributed by atoms with Crippen molar-refractivity contribution in [3.8, 4) is 5.75 Å². The van der Waals surface area contributed by atoms with Crippen molar-refractivity contribution in [1.29, 1.82) is 0 Å². The van der Waals surface area contributed by atoms with Crippen LogP contribution >= 0.6 is 0 Å². The summed E-state index contributed by atoms with van der Waals surface area (Å²) in [6, 6.07) is 9.80. The molecule has 0 aromatic heterocycles. The maximum absolute atomic E-state index is 5.58. The van der Waals surface area contributed by atoms with Gasteiger partial charge in [0.2, 0.25) is 0 Å². The van der Waals surface area contributed by atoms with E-state index < -0.39 is 0 Å². The Hall–Kier alpha value is -1.76. The molecule has 0 aliphatic heterocycles. The zero-order chi connectivity index (χ0) is 11.8. The van der Waals surface area contributed by atoms with Crippen molar-refractivity contribution in [2.75, 3.05) is 6.61 Å². The molecule has 1 aromatic rings. The van der Waals surface area contributed by atoms with E-state index in [0.29, 0.717) is 6.61 Å². The summed E-state index contributed by atoms with van der Waals surface area (Å²) in [5, 5.41) is 0. The van der Waals surface area contributed by atoms with E-state index in [9.17, 15) is 0 Å². The summed E-state index contributed by atoms with van der Waals surface area (Å²) in [7, 11) is 0. The van der Waals surface area contributed by atoms with Gasteiger partial charge in [0.15, 0.2) is 0 Å². The normalized spacial score (nSPS) is 11.8. The molecule has 0 spiro atoms. The first kappa shape index (κ1) is 12.3. The van der Waals surface area contributed by atoms with Gasteiger partial charge in [-0.25, -0.2) is 0 Å². The third-order valence-electron chi connectivity index (χ3n) is 2.14. The third-order valence-corrected chi connectivity index (χ3v) is 2.14. The van der Waals surface area contributed by atoms with E-state index in [1.165, 1.54) is 0 Å². The van der Waals surface area contributed by atoms with E-state index in [1.54, 1.807) is 0 Å². The molecule has 0 atom stereocenters. The Balaban J connectivity index is 2.55. The summed E-state index contributed by atoms with van der Waals surface area (Å²) in [5.41, 5.74) is 2.17. The summed E-state index contributed by atoms with van der Waals surface area (Å²) < 4.78 is 5.58. The van der Waals surface area contributed by atoms with Crippen LogP contribution in [-0.4, -0.2) is 6.61 Å². The predicted octanol–water partition coefficient (Wildman–Crippen LogP) is 4.14. The third kappa shape index (κ3) is 4.18. The van der Waals surface area contributed by atoms with Crippen molar-refractivity contribution in [1.82, 2.24) is 0 Å². The Morgan fingerprint density at radius 2 is 2.00 bits per heavy atom. The molecule has 0 saturated heterocycles. The highest BCUT2D eigenvalue weighted by Crippen LogP contribution is 2.11. The van der Waals surface area contributed by atoms with Crippen LogP contribution in [0.15, 0.2) is 66.3 Å². The first-order chi connectivity index (χ1) is 7.74. The van der Waals surface area contributed by atoms with Gasteiger partial charge in [-0.15, -0.1) is 0 Å². The monoisotopic (exact) mass is 214 g/mol. The SMILES string of the molecule is C=C(C)C(/C=C\C)=C/COc1ccccc1. The van der Waals surface area contributed by atoms with Gasteiger partial charge in [0.05, 0.1) is 0 Å². The Labute approximate surface area is 97.8 Å². The average molecular weight is 214 g/mol. The lowest BCUT2D eigenvalue weighted by Gasteiger charge is -2.04. The van der Waals surface area contributed by atoms with Crippen LogP contribution in [0.4, 0.5) is 0 Å². The molecule has 0 radical (unpaired) electrons. The lowest BCUT2D eigenvalue weighted by Crippen LogP contribution is -1.95. The van der Waals surface area contributed by atoms with Gasteiger partial charge in [0.25, 0.3) is 0 Å². The first-order valence-corrected chi connectivity index (χ1v) is 5.40. The van der Waals surface area contributed by atoms with Gasteiger partial charge >= 0.3 is 0 Å². The minimum atomic E-state index is 0.566. The minimum absolute atomic E-state index is 0.566. The average Bonchev–Trinajstić information content (AvgIpc) is 2.29. The largest absolute Gasteiger partial charge is 0.490 e. The maximum Gasteiger partial charge on any atom is 0.119 e. The van der Waals surface area contributed by atoms with Crippen LogP contribution in [0.3, 0.4) is 0 Å². The number of hydrogen-bond acceptors (Lipinski definition) is 1. The lowest BCUT2D eigenvalue weighted by molar-refractivity contribution is 0.362. The van der Waals surface area contributed by atoms with Crippen LogP contribution in [-0.2, 0) is 0 Å². The number of allylic oxidation sites excluding steroid dienone is 4. The molecule has 1 aromatic carbocycles. The summed E-state index contributed by atoms with van der Waals surface area (Å²) in [6.07, 6.45) is 6.08. The highest BCUT2D eigenvalue weighted by atomic mass is 16.5. The van der Waals surface area contributed by atoms with E-state index in [-0.39, 0.29) is 0 Å². The molecule has 84 valence electrons. The second-order valence-corrected chi connectivity index (χ2v) is 3.56. The van der Waals surface area contributed by atoms with Crippen molar-refractivity contribution in [3.63, 3.8) is 0 Å². The smallest absolute Gasteiger partial charge is 0.119 e. The number of ether oxygens (including phenoxy) is 1. The standard InChI is InChI=1S/C15H18O/c1-4-8-14(13(2)3)11-12-16-15-9-6-5-7-10-15/h4-11H,2,12H2,1,3H3/b8-4-,14-11+. The Morgan fingerprint density at radius 3 is 2.56 bits per heavy atom. The van der Waals surface area contributed by atoms with Crippen molar-refractivity contribution >= 4 is 0 Å². The van der Waals surface area contributed by atoms with Crippen molar-refractivity contribution in [2.24, 2.45) is 0 Å². The topological polar surface area (TPSA) is 9.23 Å². The number of hydrogen-bond donors (Lipinski definition) is 0. The molecule has 0 fully saturated rings. The Bertz CT molecular complexity index is 385. The van der Waals surface area contributed by atoms with Gasteiger partial charge in [-0.2, -0.15) is 0 Å². The maximum atomic E-state index is 5.58. The second kappa shape index (κ2) is 6.67. The van der Waals surface area contributed by atoms with Crippen molar-refractivity contribution < 1.29 is 4.74 Å². The van der Waals surface area contributed by atoms with E-state index >= 15 is 0 Å². The molecule has 0 amide bonds. The summed E-state index contributed by atoms with van der Waals surface area (Å²) in [5.74, 6) is 0.889. The predicted molar refractivity (Wildman–Crippen MR) is 69.6 cm³/mol. The number of rotatable bonds is 5. The fourth-order valence-electron chi connectivity index (χ4n) is 1.31. The fourth-order valence-corrected chi connectivity index (χ4v) is 1.31. The van der Waals surface area contributed by atoms with E-state index in [2.05, 4.69) is 6.58 Å². The van der Waals surface area contributed by atoms with Crippen LogP contribution in [0, 0.1) is 0 Å². The van der Waals surface area contributed by atoms with E-state index in [0.717, 1.165) is 16.9 Å². The summed E-state index contributed by atoms with van der Waals surface area (Å²) in [4.78, 5) is 0. The molecular formula is C15H18O. The van der Waals surface area contributed by atoms with Crippen LogP contribution in [0.5, 0.6) is 5.75 Å². The van der Waals surface area contributed by atoms with Gasteiger partial charge in [-0.05, 0) is 37.6 Å². The molecule has 1 nitrogen and oxygen atoms in total. The van der Waals surface area contributed by atoms with Crippen molar-refractivity contribution in [3.05, 3.63) is 66.3 Å². The molecular weight excluding hydrogens is 196 g/mol. The Morgan fingerprint density at radius 1 is 1.31 bits per heavy atom. The molecule has 0 N–H and O–H groups in total. The van der Waals surface area contributed by atoms with Gasteiger partial charge in [0, 0.05) is 0 Å². The number of para-hydroxylation sites is 1. The molecule has 0 bridgehead atoms. The van der Waals surface area contributed by atoms with Crippen LogP contribution in [0.25, 0.3) is 0 Å². The van der Waals surface area contributed by atoms with Gasteiger partial charge in [-0.3, -0.25) is 0 Å². The second-order valence-electron chi connectivity index (χ2n) is 3.56. The highest BCUT2D eigenvalue weighted by molar-refractivity contribution is 5.36. The molecule has 0 heterocycles. The summed E-state index contributed by atoms with van der Waals surface area (Å²) >= 11 is 0. The highest BCUT2D eigenvalue weighted by Gasteiger charge is 1.93. The molecule has 0 saturated carbocycles. The molecule has 0 aliphatic carbocycles. The Kier molecular flexibility index (Phi) is 5.13. The molecule has 1 rings (SSSR count). The van der Waals surface area contributed by atoms with Gasteiger partial charge < -0.3 is 4.74 Å². The lowest BCUT2D eigenvalue weighted by atomic mass is 10.1. The minimum Gasteiger partial charge on any atom is -0.490 e. The number of benzene rings is 1. The van der Waals surface area contributed by atoms with Crippen molar-refractivity contribution in [2.45, 2.75) is 13.8 Å². The van der Waals surface area contributed by atoms with Crippen LogP contribution < -0.4 is 4.74 Å². The fraction of sp³-hybridized carbons (Fsp3) is 0.200. The molecule has 0 aliphatic rings. The molecule has 1 heteroatoms. The van der Waals surface area contributed by atoms with E-state index in [4.69, 9.17) is 4.74 Å². The van der Waals surface area contributed by atoms with Gasteiger partial charge in [-0.1, -0.05) is 42.5 Å².